The Morgan fingerprint density at radius 3 is 2.32 bits per heavy atom. The van der Waals surface area contributed by atoms with Crippen molar-refractivity contribution in [3.8, 4) is 0 Å². The highest BCUT2D eigenvalue weighted by Crippen LogP contribution is 2.33. The SMILES string of the molecule is O=C1Cc2ccccc2C(=O)N1c1cccc(S(=O)(=O)C(F)(F)F)c1. The molecule has 1 aliphatic heterocycles. The minimum absolute atomic E-state index is 0.113. The van der Waals surface area contributed by atoms with E-state index in [0.29, 0.717) is 16.5 Å². The zero-order valence-corrected chi connectivity index (χ0v) is 13.3. The zero-order chi connectivity index (χ0) is 18.4. The third-order valence-electron chi connectivity index (χ3n) is 3.73. The van der Waals surface area contributed by atoms with Crippen LogP contribution in [0.3, 0.4) is 0 Å². The molecule has 0 fully saturated rings. The molecule has 2 amide bonds. The summed E-state index contributed by atoms with van der Waals surface area (Å²) in [5, 5.41) is 0. The summed E-state index contributed by atoms with van der Waals surface area (Å²) in [5.41, 5.74) is -4.96. The third-order valence-corrected chi connectivity index (χ3v) is 5.22. The van der Waals surface area contributed by atoms with E-state index in [9.17, 15) is 31.2 Å². The van der Waals surface area contributed by atoms with Gasteiger partial charge in [-0.3, -0.25) is 9.59 Å². The molecule has 0 radical (unpaired) electrons. The number of anilines is 1. The second-order valence-electron chi connectivity index (χ2n) is 5.31. The quantitative estimate of drug-likeness (QED) is 0.763. The number of sulfone groups is 1. The number of fused-ring (bicyclic) bond motifs is 1. The highest BCUT2D eigenvalue weighted by molar-refractivity contribution is 7.92. The Balaban J connectivity index is 2.08. The minimum Gasteiger partial charge on any atom is -0.274 e. The predicted octanol–water partition coefficient (Wildman–Crippen LogP) is 2.71. The molecule has 0 N–H and O–H groups in total. The van der Waals surface area contributed by atoms with Crippen molar-refractivity contribution in [1.29, 1.82) is 0 Å². The number of carbonyl (C=O) groups excluding carboxylic acids is 2. The molecule has 1 heterocycles. The fourth-order valence-corrected chi connectivity index (χ4v) is 3.34. The van der Waals surface area contributed by atoms with Gasteiger partial charge in [0.2, 0.25) is 5.91 Å². The summed E-state index contributed by atoms with van der Waals surface area (Å²) in [6.07, 6.45) is -0.113. The Morgan fingerprint density at radius 1 is 0.960 bits per heavy atom. The molecule has 0 saturated carbocycles. The predicted molar refractivity (Wildman–Crippen MR) is 81.6 cm³/mol. The first-order chi connectivity index (χ1) is 11.6. The van der Waals surface area contributed by atoms with Gasteiger partial charge in [-0.05, 0) is 29.8 Å². The molecule has 1 aliphatic rings. The van der Waals surface area contributed by atoms with Crippen LogP contribution in [0.15, 0.2) is 53.4 Å². The molecule has 0 spiro atoms. The molecular weight excluding hydrogens is 359 g/mol. The van der Waals surface area contributed by atoms with E-state index >= 15 is 0 Å². The Hall–Kier alpha value is -2.68. The van der Waals surface area contributed by atoms with E-state index in [4.69, 9.17) is 0 Å². The lowest BCUT2D eigenvalue weighted by Crippen LogP contribution is -2.42. The van der Waals surface area contributed by atoms with Crippen molar-refractivity contribution in [1.82, 2.24) is 0 Å². The number of hydrogen-bond acceptors (Lipinski definition) is 4. The van der Waals surface area contributed by atoms with E-state index in [-0.39, 0.29) is 17.7 Å². The molecule has 5 nitrogen and oxygen atoms in total. The van der Waals surface area contributed by atoms with Crippen molar-refractivity contribution in [3.63, 3.8) is 0 Å². The fraction of sp³-hybridized carbons (Fsp3) is 0.125. The average molecular weight is 369 g/mol. The Labute approximate surface area is 140 Å². The van der Waals surface area contributed by atoms with Gasteiger partial charge < -0.3 is 0 Å². The minimum atomic E-state index is -5.58. The second kappa shape index (κ2) is 5.69. The van der Waals surface area contributed by atoms with Crippen LogP contribution in [-0.4, -0.2) is 25.7 Å². The molecule has 0 aliphatic carbocycles. The summed E-state index contributed by atoms with van der Waals surface area (Å²) in [4.78, 5) is 24.4. The van der Waals surface area contributed by atoms with Gasteiger partial charge in [0, 0.05) is 5.56 Å². The number of nitrogens with zero attached hydrogens (tertiary/aromatic N) is 1. The van der Waals surface area contributed by atoms with Gasteiger partial charge in [0.25, 0.3) is 15.7 Å². The van der Waals surface area contributed by atoms with Crippen molar-refractivity contribution in [2.75, 3.05) is 4.90 Å². The van der Waals surface area contributed by atoms with E-state index in [2.05, 4.69) is 0 Å². The van der Waals surface area contributed by atoms with Gasteiger partial charge in [0.05, 0.1) is 17.0 Å². The molecule has 25 heavy (non-hydrogen) atoms. The lowest BCUT2D eigenvalue weighted by atomic mass is 9.98. The van der Waals surface area contributed by atoms with Gasteiger partial charge in [-0.15, -0.1) is 0 Å². The number of amides is 2. The number of hydrogen-bond donors (Lipinski definition) is 0. The summed E-state index contributed by atoms with van der Waals surface area (Å²) in [6, 6.07) is 10.0. The number of halogens is 3. The topological polar surface area (TPSA) is 71.5 Å². The largest absolute Gasteiger partial charge is 0.501 e. The first-order valence-corrected chi connectivity index (χ1v) is 8.48. The average Bonchev–Trinajstić information content (AvgIpc) is 2.54. The van der Waals surface area contributed by atoms with E-state index in [1.54, 1.807) is 18.2 Å². The van der Waals surface area contributed by atoms with E-state index in [1.807, 2.05) is 0 Å². The van der Waals surface area contributed by atoms with Gasteiger partial charge in [0.1, 0.15) is 0 Å². The fourth-order valence-electron chi connectivity index (χ4n) is 2.54. The van der Waals surface area contributed by atoms with Crippen molar-refractivity contribution in [2.45, 2.75) is 16.8 Å². The maximum Gasteiger partial charge on any atom is 0.501 e. The molecule has 0 bridgehead atoms. The van der Waals surface area contributed by atoms with Crippen molar-refractivity contribution in [3.05, 3.63) is 59.7 Å². The van der Waals surface area contributed by atoms with Crippen LogP contribution in [0, 0.1) is 0 Å². The van der Waals surface area contributed by atoms with Crippen molar-refractivity contribution < 1.29 is 31.2 Å². The van der Waals surface area contributed by atoms with Crippen LogP contribution < -0.4 is 4.90 Å². The number of benzene rings is 2. The summed E-state index contributed by atoms with van der Waals surface area (Å²) in [5.74, 6) is -1.36. The molecule has 9 heteroatoms. The molecule has 2 aromatic carbocycles. The lowest BCUT2D eigenvalue weighted by Gasteiger charge is -2.27. The van der Waals surface area contributed by atoms with Crippen LogP contribution in [-0.2, 0) is 21.1 Å². The van der Waals surface area contributed by atoms with Gasteiger partial charge in [-0.1, -0.05) is 24.3 Å². The molecule has 0 unspecified atom stereocenters. The van der Waals surface area contributed by atoms with Crippen LogP contribution in [0.2, 0.25) is 0 Å². The van der Waals surface area contributed by atoms with Gasteiger partial charge in [-0.25, -0.2) is 13.3 Å². The first kappa shape index (κ1) is 17.2. The molecule has 0 saturated heterocycles. The van der Waals surface area contributed by atoms with E-state index in [1.165, 1.54) is 12.1 Å². The summed E-state index contributed by atoms with van der Waals surface area (Å²) in [6.45, 7) is 0. The molecule has 3 rings (SSSR count). The van der Waals surface area contributed by atoms with Gasteiger partial charge in [0.15, 0.2) is 0 Å². The van der Waals surface area contributed by atoms with E-state index in [0.717, 1.165) is 12.1 Å². The van der Waals surface area contributed by atoms with Gasteiger partial charge in [-0.2, -0.15) is 13.2 Å². The third kappa shape index (κ3) is 2.80. The monoisotopic (exact) mass is 369 g/mol. The highest BCUT2D eigenvalue weighted by Gasteiger charge is 2.47. The Morgan fingerprint density at radius 2 is 1.64 bits per heavy atom. The maximum absolute atomic E-state index is 12.7. The number of imide groups is 1. The standard InChI is InChI=1S/C16H10F3NO4S/c17-16(18,19)25(23,24)12-6-3-5-11(9-12)20-14(21)8-10-4-1-2-7-13(10)15(20)22/h1-7,9H,8H2. The van der Waals surface area contributed by atoms with Gasteiger partial charge >= 0.3 is 5.51 Å². The van der Waals surface area contributed by atoms with Crippen molar-refractivity contribution >= 4 is 27.3 Å². The zero-order valence-electron chi connectivity index (χ0n) is 12.4. The number of carbonyl (C=O) groups is 2. The molecular formula is C16H10F3NO4S. The van der Waals surface area contributed by atoms with Crippen molar-refractivity contribution in [2.24, 2.45) is 0 Å². The molecule has 2 aromatic rings. The van der Waals surface area contributed by atoms with Crippen LogP contribution in [0.5, 0.6) is 0 Å². The summed E-state index contributed by atoms with van der Waals surface area (Å²) < 4.78 is 61.2. The normalized spacial score (nSPS) is 15.2. The van der Waals surface area contributed by atoms with Crippen LogP contribution in [0.4, 0.5) is 18.9 Å². The highest BCUT2D eigenvalue weighted by atomic mass is 32.2. The smallest absolute Gasteiger partial charge is 0.274 e. The summed E-state index contributed by atoms with van der Waals surface area (Å²) in [7, 11) is -5.58. The molecule has 0 aromatic heterocycles. The molecule has 130 valence electrons. The molecule has 0 atom stereocenters. The van der Waals surface area contributed by atoms with Crippen LogP contribution >= 0.6 is 0 Å². The number of rotatable bonds is 2. The lowest BCUT2D eigenvalue weighted by molar-refractivity contribution is -0.117. The number of alkyl halides is 3. The Kier molecular flexibility index (Phi) is 3.91. The first-order valence-electron chi connectivity index (χ1n) is 6.99. The van der Waals surface area contributed by atoms with E-state index < -0.39 is 32.1 Å². The van der Waals surface area contributed by atoms with Crippen LogP contribution in [0.1, 0.15) is 15.9 Å². The Bertz CT molecular complexity index is 983. The maximum atomic E-state index is 12.7. The summed E-state index contributed by atoms with van der Waals surface area (Å²) >= 11 is 0. The van der Waals surface area contributed by atoms with Crippen LogP contribution in [0.25, 0.3) is 0 Å². The second-order valence-corrected chi connectivity index (χ2v) is 7.26.